The van der Waals surface area contributed by atoms with Crippen molar-refractivity contribution in [2.75, 3.05) is 13.7 Å². The first-order valence-corrected chi connectivity index (χ1v) is 9.42. The lowest BCUT2D eigenvalue weighted by atomic mass is 10.2. The average Bonchev–Trinajstić information content (AvgIpc) is 3.04. The Hall–Kier alpha value is -2.80. The molecule has 0 N–H and O–H groups in total. The third-order valence-electron chi connectivity index (χ3n) is 4.41. The summed E-state index contributed by atoms with van der Waals surface area (Å²) in [6.07, 6.45) is 0. The molecule has 0 bridgehead atoms. The molecule has 0 unspecified atom stereocenters. The summed E-state index contributed by atoms with van der Waals surface area (Å²) in [6.45, 7) is 5.98. The molecule has 0 spiro atoms. The number of carbonyl (C=O) groups is 2. The zero-order valence-electron chi connectivity index (χ0n) is 15.8. The first kappa shape index (κ1) is 19.0. The Balaban J connectivity index is 1.63. The van der Waals surface area contributed by atoms with Crippen LogP contribution in [0.2, 0.25) is 0 Å². The molecule has 0 saturated heterocycles. The lowest BCUT2D eigenvalue weighted by molar-refractivity contribution is -0.133. The van der Waals surface area contributed by atoms with Gasteiger partial charge < -0.3 is 9.64 Å². The molecular formula is C20H21N3O3S. The topological polar surface area (TPSA) is 72.4 Å². The first-order valence-electron chi connectivity index (χ1n) is 8.54. The van der Waals surface area contributed by atoms with E-state index in [0.717, 1.165) is 27.3 Å². The number of likely N-dealkylation sites (N-methyl/N-ethyl adjacent to an activating group) is 1. The number of nitrogens with zero attached hydrogens (tertiary/aromatic N) is 3. The highest BCUT2D eigenvalue weighted by Gasteiger charge is 2.16. The van der Waals surface area contributed by atoms with Crippen molar-refractivity contribution in [3.8, 4) is 0 Å². The summed E-state index contributed by atoms with van der Waals surface area (Å²) in [6, 6.07) is 7.03. The van der Waals surface area contributed by atoms with Crippen LogP contribution >= 0.6 is 11.3 Å². The summed E-state index contributed by atoms with van der Waals surface area (Å²) in [5.41, 5.74) is 4.52. The molecule has 2 aromatic heterocycles. The molecule has 0 saturated carbocycles. The van der Waals surface area contributed by atoms with Gasteiger partial charge in [0, 0.05) is 11.9 Å². The highest BCUT2D eigenvalue weighted by molar-refractivity contribution is 7.10. The van der Waals surface area contributed by atoms with Crippen molar-refractivity contribution in [2.45, 2.75) is 27.3 Å². The minimum Gasteiger partial charge on any atom is -0.452 e. The van der Waals surface area contributed by atoms with Gasteiger partial charge >= 0.3 is 5.97 Å². The van der Waals surface area contributed by atoms with E-state index in [1.54, 1.807) is 41.5 Å². The van der Waals surface area contributed by atoms with Gasteiger partial charge in [-0.25, -0.2) is 14.8 Å². The molecule has 6 nitrogen and oxygen atoms in total. The van der Waals surface area contributed by atoms with Crippen LogP contribution in [0, 0.1) is 20.8 Å². The fourth-order valence-electron chi connectivity index (χ4n) is 2.55. The van der Waals surface area contributed by atoms with Crippen molar-refractivity contribution in [3.05, 3.63) is 57.0 Å². The number of fused-ring (bicyclic) bond motifs is 1. The van der Waals surface area contributed by atoms with Gasteiger partial charge in [-0.3, -0.25) is 4.79 Å². The van der Waals surface area contributed by atoms with E-state index in [4.69, 9.17) is 4.74 Å². The predicted molar refractivity (Wildman–Crippen MR) is 105 cm³/mol. The van der Waals surface area contributed by atoms with Crippen LogP contribution in [0.1, 0.15) is 32.2 Å². The zero-order chi connectivity index (χ0) is 19.6. The van der Waals surface area contributed by atoms with Crippen molar-refractivity contribution in [1.82, 2.24) is 14.9 Å². The fraction of sp³-hybridized carbons (Fsp3) is 0.300. The van der Waals surface area contributed by atoms with Crippen molar-refractivity contribution in [1.29, 1.82) is 0 Å². The summed E-state index contributed by atoms with van der Waals surface area (Å²) >= 11 is 1.61. The molecule has 1 amide bonds. The second kappa shape index (κ2) is 7.84. The molecule has 0 aliphatic rings. The van der Waals surface area contributed by atoms with Crippen LogP contribution in [0.3, 0.4) is 0 Å². The Kier molecular flexibility index (Phi) is 5.51. The minimum absolute atomic E-state index is 0.247. The number of esters is 1. The first-order chi connectivity index (χ1) is 12.8. The van der Waals surface area contributed by atoms with E-state index in [1.165, 1.54) is 0 Å². The lowest BCUT2D eigenvalue weighted by Gasteiger charge is -2.16. The number of hydrogen-bond acceptors (Lipinski definition) is 6. The van der Waals surface area contributed by atoms with Crippen molar-refractivity contribution < 1.29 is 14.3 Å². The van der Waals surface area contributed by atoms with Gasteiger partial charge in [0.1, 0.15) is 0 Å². The van der Waals surface area contributed by atoms with Crippen molar-refractivity contribution in [3.63, 3.8) is 0 Å². The van der Waals surface area contributed by atoms with Gasteiger partial charge in [-0.05, 0) is 56.0 Å². The molecule has 0 fully saturated rings. The predicted octanol–water partition coefficient (Wildman–Crippen LogP) is 3.43. The van der Waals surface area contributed by atoms with E-state index in [2.05, 4.69) is 9.97 Å². The maximum Gasteiger partial charge on any atom is 0.338 e. The number of carbonyl (C=O) groups excluding carboxylic acids is 2. The number of aryl methyl sites for hydroxylation is 3. The second-order valence-corrected chi connectivity index (χ2v) is 7.45. The number of rotatable bonds is 5. The number of amides is 1. The Morgan fingerprint density at radius 3 is 2.44 bits per heavy atom. The number of ether oxygens (including phenoxy) is 1. The largest absolute Gasteiger partial charge is 0.452 e. The van der Waals surface area contributed by atoms with E-state index in [1.807, 2.05) is 32.2 Å². The molecule has 3 aromatic rings. The quantitative estimate of drug-likeness (QED) is 0.631. The Bertz CT molecular complexity index is 1010. The zero-order valence-corrected chi connectivity index (χ0v) is 16.6. The molecule has 1 aromatic carbocycles. The van der Waals surface area contributed by atoms with E-state index < -0.39 is 5.97 Å². The fourth-order valence-corrected chi connectivity index (χ4v) is 3.51. The number of hydrogen-bond donors (Lipinski definition) is 0. The SMILES string of the molecule is Cc1ccsc1CN(C)C(=O)COC(=O)c1ccc2nc(C)c(C)nc2c1. The molecule has 0 aliphatic carbocycles. The van der Waals surface area contributed by atoms with Crippen LogP contribution in [0.4, 0.5) is 0 Å². The van der Waals surface area contributed by atoms with E-state index >= 15 is 0 Å². The smallest absolute Gasteiger partial charge is 0.338 e. The normalized spacial score (nSPS) is 10.8. The molecule has 2 heterocycles. The summed E-state index contributed by atoms with van der Waals surface area (Å²) in [4.78, 5) is 36.1. The molecule has 140 valence electrons. The van der Waals surface area contributed by atoms with Crippen molar-refractivity contribution >= 4 is 34.2 Å². The molecule has 0 radical (unpaired) electrons. The molecule has 7 heteroatoms. The van der Waals surface area contributed by atoms with Crippen LogP contribution < -0.4 is 0 Å². The number of thiophene rings is 1. The Morgan fingerprint density at radius 2 is 1.78 bits per heavy atom. The van der Waals surface area contributed by atoms with Crippen molar-refractivity contribution in [2.24, 2.45) is 0 Å². The highest BCUT2D eigenvalue weighted by Crippen LogP contribution is 2.18. The van der Waals surface area contributed by atoms with E-state index in [0.29, 0.717) is 17.6 Å². The average molecular weight is 383 g/mol. The third-order valence-corrected chi connectivity index (χ3v) is 5.42. The maximum absolute atomic E-state index is 12.3. The third kappa shape index (κ3) is 4.31. The monoisotopic (exact) mass is 383 g/mol. The number of benzene rings is 1. The Labute approximate surface area is 161 Å². The van der Waals surface area contributed by atoms with Gasteiger partial charge in [-0.15, -0.1) is 11.3 Å². The summed E-state index contributed by atoms with van der Waals surface area (Å²) in [5, 5.41) is 1.99. The van der Waals surface area contributed by atoms with Gasteiger partial charge in [-0.2, -0.15) is 0 Å². The Morgan fingerprint density at radius 1 is 1.07 bits per heavy atom. The molecule has 0 atom stereocenters. The minimum atomic E-state index is -0.550. The van der Waals surface area contributed by atoms with Crippen LogP contribution in [0.25, 0.3) is 11.0 Å². The van der Waals surface area contributed by atoms with Gasteiger partial charge in [0.2, 0.25) is 0 Å². The summed E-state index contributed by atoms with van der Waals surface area (Å²) < 4.78 is 5.19. The second-order valence-electron chi connectivity index (χ2n) is 6.45. The molecular weight excluding hydrogens is 362 g/mol. The van der Waals surface area contributed by atoms with Gasteiger partial charge in [-0.1, -0.05) is 0 Å². The lowest BCUT2D eigenvalue weighted by Crippen LogP contribution is -2.30. The van der Waals surface area contributed by atoms with E-state index in [-0.39, 0.29) is 12.5 Å². The van der Waals surface area contributed by atoms with Gasteiger partial charge in [0.05, 0.1) is 34.5 Å². The van der Waals surface area contributed by atoms with Gasteiger partial charge in [0.15, 0.2) is 6.61 Å². The van der Waals surface area contributed by atoms with Crippen LogP contribution in [-0.4, -0.2) is 40.4 Å². The van der Waals surface area contributed by atoms with E-state index in [9.17, 15) is 9.59 Å². The highest BCUT2D eigenvalue weighted by atomic mass is 32.1. The van der Waals surface area contributed by atoms with Crippen LogP contribution in [0.5, 0.6) is 0 Å². The molecule has 0 aliphatic heterocycles. The molecule has 27 heavy (non-hydrogen) atoms. The van der Waals surface area contributed by atoms with Crippen LogP contribution in [-0.2, 0) is 16.1 Å². The standard InChI is InChI=1S/C20H21N3O3S/c1-12-7-8-27-18(12)10-23(4)19(24)11-26-20(25)15-5-6-16-17(9-15)22-14(3)13(2)21-16/h5-9H,10-11H2,1-4H3. The maximum atomic E-state index is 12.3. The summed E-state index contributed by atoms with van der Waals surface area (Å²) in [7, 11) is 1.70. The van der Waals surface area contributed by atoms with Crippen LogP contribution in [0.15, 0.2) is 29.6 Å². The summed E-state index contributed by atoms with van der Waals surface area (Å²) in [5.74, 6) is -0.797. The van der Waals surface area contributed by atoms with Gasteiger partial charge in [0.25, 0.3) is 5.91 Å². The molecule has 3 rings (SSSR count). The number of aromatic nitrogens is 2.